The summed E-state index contributed by atoms with van der Waals surface area (Å²) in [4.78, 5) is 39.2. The molecule has 2 amide bonds. The number of nitrogens with zero attached hydrogens (tertiary/aromatic N) is 2. The third-order valence-corrected chi connectivity index (χ3v) is 6.03. The van der Waals surface area contributed by atoms with Crippen molar-refractivity contribution in [2.75, 3.05) is 13.7 Å². The molecule has 0 saturated carbocycles. The Hall–Kier alpha value is -2.37. The Bertz CT molecular complexity index is 776. The fourth-order valence-electron chi connectivity index (χ4n) is 2.67. The molecule has 0 saturated heterocycles. The van der Waals surface area contributed by atoms with Crippen LogP contribution in [0.25, 0.3) is 5.57 Å². The van der Waals surface area contributed by atoms with Crippen LogP contribution >= 0.6 is 0 Å². The molecule has 1 aromatic rings. The van der Waals surface area contributed by atoms with Gasteiger partial charge in [0.05, 0.1) is 0 Å². The zero-order valence-electron chi connectivity index (χ0n) is 18.3. The Labute approximate surface area is 193 Å². The second-order valence-electron chi connectivity index (χ2n) is 6.75. The number of amides is 2. The molecule has 31 heavy (non-hydrogen) atoms. The molecule has 10 heteroatoms. The molecule has 1 rings (SSSR count). The summed E-state index contributed by atoms with van der Waals surface area (Å²) < 4.78 is 7.81. The molecule has 174 valence electrons. The SMILES string of the molecule is C/C=C(\C=C/[I-]C(=O)OC)c1cn(CC(NC(=O)NCCCCCCC)C(=O)O)cn1. The van der Waals surface area contributed by atoms with Crippen LogP contribution in [0, 0.1) is 0 Å². The molecular weight excluding hydrogens is 515 g/mol. The quantitative estimate of drug-likeness (QED) is 0.134. The van der Waals surface area contributed by atoms with Crippen molar-refractivity contribution in [1.29, 1.82) is 0 Å². The predicted octanol–water partition coefficient (Wildman–Crippen LogP) is 0.378. The minimum absolute atomic E-state index is 0.0437. The van der Waals surface area contributed by atoms with Crippen molar-refractivity contribution in [3.8, 4) is 0 Å². The molecule has 0 aliphatic carbocycles. The first-order valence-electron chi connectivity index (χ1n) is 10.2. The average Bonchev–Trinajstić information content (AvgIpc) is 3.21. The van der Waals surface area contributed by atoms with Gasteiger partial charge in [0.1, 0.15) is 0 Å². The van der Waals surface area contributed by atoms with Gasteiger partial charge in [-0.15, -0.1) is 0 Å². The van der Waals surface area contributed by atoms with Gasteiger partial charge in [0.2, 0.25) is 0 Å². The predicted molar refractivity (Wildman–Crippen MR) is 114 cm³/mol. The number of carbonyl (C=O) groups is 3. The number of nitrogens with one attached hydrogen (secondary N) is 2. The van der Waals surface area contributed by atoms with E-state index in [0.717, 1.165) is 31.3 Å². The van der Waals surface area contributed by atoms with Gasteiger partial charge in [-0.3, -0.25) is 0 Å². The van der Waals surface area contributed by atoms with E-state index in [4.69, 9.17) is 0 Å². The molecule has 1 atom stereocenters. The zero-order valence-corrected chi connectivity index (χ0v) is 20.4. The van der Waals surface area contributed by atoms with Gasteiger partial charge >= 0.3 is 155 Å². The first-order valence-corrected chi connectivity index (χ1v) is 12.6. The van der Waals surface area contributed by atoms with Crippen LogP contribution in [0.15, 0.2) is 28.8 Å². The van der Waals surface area contributed by atoms with Crippen LogP contribution in [0.2, 0.25) is 0 Å². The van der Waals surface area contributed by atoms with Crippen LogP contribution < -0.4 is 31.8 Å². The van der Waals surface area contributed by atoms with Gasteiger partial charge in [-0.05, 0) is 6.42 Å². The molecule has 1 aromatic heterocycles. The zero-order chi connectivity index (χ0) is 23.1. The maximum absolute atomic E-state index is 12.0. The molecule has 0 radical (unpaired) electrons. The summed E-state index contributed by atoms with van der Waals surface area (Å²) in [6.07, 6.45) is 12.3. The average molecular weight is 547 g/mol. The molecular formula is C21H32IN4O5-. The van der Waals surface area contributed by atoms with Crippen molar-refractivity contribution in [1.82, 2.24) is 20.2 Å². The second kappa shape index (κ2) is 15.4. The van der Waals surface area contributed by atoms with Crippen LogP contribution in [-0.4, -0.2) is 50.3 Å². The molecule has 1 heterocycles. The number of aromatic nitrogens is 2. The van der Waals surface area contributed by atoms with Crippen molar-refractivity contribution in [2.45, 2.75) is 58.5 Å². The van der Waals surface area contributed by atoms with Gasteiger partial charge in [-0.1, -0.05) is 32.6 Å². The van der Waals surface area contributed by atoms with E-state index >= 15 is 0 Å². The normalized spacial score (nSPS) is 12.7. The second-order valence-corrected chi connectivity index (χ2v) is 8.97. The van der Waals surface area contributed by atoms with Gasteiger partial charge < -0.3 is 0 Å². The topological polar surface area (TPSA) is 123 Å². The number of ether oxygens (including phenoxy) is 1. The van der Waals surface area contributed by atoms with Gasteiger partial charge in [-0.25, -0.2) is 0 Å². The maximum atomic E-state index is 12.0. The van der Waals surface area contributed by atoms with Crippen LogP contribution in [0.4, 0.5) is 9.59 Å². The first kappa shape index (κ1) is 26.7. The van der Waals surface area contributed by atoms with E-state index in [2.05, 4.69) is 27.3 Å². The number of carbonyl (C=O) groups excluding carboxylic acids is 2. The van der Waals surface area contributed by atoms with Gasteiger partial charge in [0.25, 0.3) is 0 Å². The summed E-state index contributed by atoms with van der Waals surface area (Å²) >= 11 is -0.856. The number of carboxylic acid groups (broad SMARTS) is 1. The number of unbranched alkanes of at least 4 members (excludes halogenated alkanes) is 4. The number of aliphatic carboxylic acids is 1. The summed E-state index contributed by atoms with van der Waals surface area (Å²) in [5, 5.41) is 14.7. The van der Waals surface area contributed by atoms with Gasteiger partial charge in [0, 0.05) is 0 Å². The molecule has 0 aromatic carbocycles. The number of imidazole rings is 1. The van der Waals surface area contributed by atoms with Crippen LogP contribution in [-0.2, 0) is 16.1 Å². The Kier molecular flexibility index (Phi) is 13.3. The molecule has 0 aliphatic heterocycles. The fourth-order valence-corrected chi connectivity index (χ4v) is 3.78. The minimum atomic E-state index is -1.12. The number of hydrogen-bond acceptors (Lipinski definition) is 5. The van der Waals surface area contributed by atoms with E-state index < -0.39 is 39.2 Å². The summed E-state index contributed by atoms with van der Waals surface area (Å²) in [5.74, 6) is -1.12. The summed E-state index contributed by atoms with van der Waals surface area (Å²) in [6.45, 7) is 4.55. The number of halogens is 1. The third kappa shape index (κ3) is 11.0. The van der Waals surface area contributed by atoms with Crippen LogP contribution in [0.3, 0.4) is 0 Å². The van der Waals surface area contributed by atoms with Crippen molar-refractivity contribution >= 4 is 21.5 Å². The number of urea groups is 1. The van der Waals surface area contributed by atoms with Crippen molar-refractivity contribution in [3.05, 3.63) is 34.5 Å². The molecule has 9 nitrogen and oxygen atoms in total. The van der Waals surface area contributed by atoms with E-state index in [1.807, 2.05) is 13.0 Å². The van der Waals surface area contributed by atoms with E-state index in [9.17, 15) is 19.5 Å². The summed E-state index contributed by atoms with van der Waals surface area (Å²) in [6, 6.07) is -1.58. The van der Waals surface area contributed by atoms with Crippen molar-refractivity contribution in [3.63, 3.8) is 0 Å². The number of methoxy groups -OCH3 is 1. The molecule has 0 fully saturated rings. The van der Waals surface area contributed by atoms with E-state index in [-0.39, 0.29) is 10.5 Å². The fraction of sp³-hybridized carbons (Fsp3) is 0.524. The Balaban J connectivity index is 2.59. The summed E-state index contributed by atoms with van der Waals surface area (Å²) in [5.41, 5.74) is 1.45. The summed E-state index contributed by atoms with van der Waals surface area (Å²) in [7, 11) is 1.36. The number of carboxylic acids is 1. The van der Waals surface area contributed by atoms with E-state index in [1.165, 1.54) is 19.9 Å². The van der Waals surface area contributed by atoms with E-state index in [0.29, 0.717) is 12.2 Å². The molecule has 0 spiro atoms. The number of hydrogen-bond donors (Lipinski definition) is 3. The third-order valence-electron chi connectivity index (χ3n) is 4.36. The number of rotatable bonds is 14. The molecule has 3 N–H and O–H groups in total. The monoisotopic (exact) mass is 547 g/mol. The first-order chi connectivity index (χ1) is 14.9. The van der Waals surface area contributed by atoms with Crippen LogP contribution in [0.5, 0.6) is 0 Å². The van der Waals surface area contributed by atoms with Crippen LogP contribution in [0.1, 0.15) is 51.6 Å². The Morgan fingerprint density at radius 1 is 1.29 bits per heavy atom. The molecule has 0 bridgehead atoms. The van der Waals surface area contributed by atoms with Crippen molar-refractivity contribution < 1.29 is 45.4 Å². The molecule has 1 unspecified atom stereocenters. The number of allylic oxidation sites excluding steroid dienone is 3. The van der Waals surface area contributed by atoms with Crippen molar-refractivity contribution in [2.24, 2.45) is 0 Å². The standard InChI is InChI=1S/C21H32IN4O5/c1-4-6-7-8-9-12-23-21(30)25-18(19(27)28)14-26-13-17(24-15-26)16(5-2)10-11-22-20(29)31-3/h5,10-11,13,15,18H,4,6-9,12,14H2,1-3H3,(H,27,28)(H2,23,25,30)/q-1/b11-10-,16-5+. The van der Waals surface area contributed by atoms with Gasteiger partial charge in [0.15, 0.2) is 0 Å². The Morgan fingerprint density at radius 2 is 2.03 bits per heavy atom. The van der Waals surface area contributed by atoms with Gasteiger partial charge in [-0.2, -0.15) is 0 Å². The van der Waals surface area contributed by atoms with E-state index in [1.54, 1.807) is 20.9 Å². The molecule has 0 aliphatic rings. The Morgan fingerprint density at radius 3 is 2.68 bits per heavy atom.